The van der Waals surface area contributed by atoms with Gasteiger partial charge in [-0.1, -0.05) is 23.7 Å². The second-order valence-electron chi connectivity index (χ2n) is 8.18. The van der Waals surface area contributed by atoms with Crippen LogP contribution in [0.5, 0.6) is 0 Å². The summed E-state index contributed by atoms with van der Waals surface area (Å²) >= 11 is 6.13. The molecule has 0 amide bonds. The van der Waals surface area contributed by atoms with Gasteiger partial charge in [0, 0.05) is 5.02 Å². The van der Waals surface area contributed by atoms with Crippen molar-refractivity contribution in [3.8, 4) is 0 Å². The Kier molecular flexibility index (Phi) is 3.51. The van der Waals surface area contributed by atoms with Gasteiger partial charge in [0.2, 0.25) is 0 Å². The average Bonchev–Trinajstić information content (AvgIpc) is 2.42. The highest BCUT2D eigenvalue weighted by Crippen LogP contribution is 2.65. The van der Waals surface area contributed by atoms with Gasteiger partial charge >= 0.3 is 5.97 Å². The summed E-state index contributed by atoms with van der Waals surface area (Å²) in [4.78, 5) is 11.6. The molecule has 0 spiro atoms. The predicted octanol–water partition coefficient (Wildman–Crippen LogP) is 3.91. The summed E-state index contributed by atoms with van der Waals surface area (Å²) in [5, 5.41) is 21.1. The highest BCUT2D eigenvalue weighted by atomic mass is 35.5. The molecule has 5 rings (SSSR count). The Labute approximate surface area is 141 Å². The molecular formula is C19H23ClO3. The molecule has 1 aromatic carbocycles. The largest absolute Gasteiger partial charge is 0.481 e. The molecule has 3 nitrogen and oxygen atoms in total. The molecule has 4 aliphatic rings. The Bertz CT molecular complexity index is 625. The van der Waals surface area contributed by atoms with Crippen molar-refractivity contribution in [3.63, 3.8) is 0 Å². The van der Waals surface area contributed by atoms with Crippen molar-refractivity contribution in [1.82, 2.24) is 0 Å². The monoisotopic (exact) mass is 334 g/mol. The number of hydrogen-bond donors (Lipinski definition) is 2. The van der Waals surface area contributed by atoms with E-state index in [1.807, 2.05) is 18.2 Å². The van der Waals surface area contributed by atoms with E-state index >= 15 is 0 Å². The van der Waals surface area contributed by atoms with Crippen LogP contribution in [0.3, 0.4) is 0 Å². The Hall–Kier alpha value is -1.06. The van der Waals surface area contributed by atoms with Crippen LogP contribution in [0.4, 0.5) is 0 Å². The minimum absolute atomic E-state index is 0.206. The first-order chi connectivity index (χ1) is 10.9. The number of aliphatic hydroxyl groups is 1. The van der Waals surface area contributed by atoms with Gasteiger partial charge in [0.1, 0.15) is 0 Å². The summed E-state index contributed by atoms with van der Waals surface area (Å²) < 4.78 is 0. The Morgan fingerprint density at radius 2 is 1.91 bits per heavy atom. The van der Waals surface area contributed by atoms with Crippen LogP contribution in [0.2, 0.25) is 5.02 Å². The van der Waals surface area contributed by atoms with Crippen molar-refractivity contribution in [2.45, 2.75) is 50.5 Å². The van der Waals surface area contributed by atoms with Crippen molar-refractivity contribution < 1.29 is 15.0 Å². The molecule has 0 heterocycles. The molecule has 2 unspecified atom stereocenters. The molecule has 124 valence electrons. The van der Waals surface area contributed by atoms with E-state index in [2.05, 4.69) is 6.07 Å². The predicted molar refractivity (Wildman–Crippen MR) is 88.3 cm³/mol. The second-order valence-corrected chi connectivity index (χ2v) is 8.61. The number of carbonyl (C=O) groups is 1. The lowest BCUT2D eigenvalue weighted by Crippen LogP contribution is -2.61. The first kappa shape index (κ1) is 15.5. The van der Waals surface area contributed by atoms with E-state index in [9.17, 15) is 15.0 Å². The lowest BCUT2D eigenvalue weighted by Gasteiger charge is -2.64. The molecule has 0 radical (unpaired) electrons. The van der Waals surface area contributed by atoms with Crippen LogP contribution in [0, 0.1) is 23.2 Å². The fourth-order valence-electron chi connectivity index (χ4n) is 6.10. The van der Waals surface area contributed by atoms with Crippen molar-refractivity contribution in [2.75, 3.05) is 0 Å². The zero-order chi connectivity index (χ0) is 16.2. The Morgan fingerprint density at radius 3 is 2.48 bits per heavy atom. The summed E-state index contributed by atoms with van der Waals surface area (Å²) in [6.45, 7) is 0. The van der Waals surface area contributed by atoms with Crippen LogP contribution >= 0.6 is 11.6 Å². The second kappa shape index (κ2) is 5.22. The molecule has 0 aliphatic heterocycles. The third kappa shape index (κ3) is 2.58. The summed E-state index contributed by atoms with van der Waals surface area (Å²) in [5.74, 6) is 0.493. The van der Waals surface area contributed by atoms with Crippen LogP contribution < -0.4 is 0 Å². The van der Waals surface area contributed by atoms with Crippen molar-refractivity contribution in [2.24, 2.45) is 23.2 Å². The quantitative estimate of drug-likeness (QED) is 0.877. The van der Waals surface area contributed by atoms with Gasteiger partial charge < -0.3 is 10.2 Å². The highest BCUT2D eigenvalue weighted by molar-refractivity contribution is 6.30. The highest BCUT2D eigenvalue weighted by Gasteiger charge is 2.61. The lowest BCUT2D eigenvalue weighted by molar-refractivity contribution is -0.198. The molecule has 4 saturated carbocycles. The van der Waals surface area contributed by atoms with Crippen molar-refractivity contribution in [1.29, 1.82) is 0 Å². The summed E-state index contributed by atoms with van der Waals surface area (Å²) in [6, 6.07) is 7.81. The molecule has 4 aliphatic carbocycles. The smallest absolute Gasteiger partial charge is 0.303 e. The summed E-state index contributed by atoms with van der Waals surface area (Å²) in [7, 11) is 0. The Morgan fingerprint density at radius 1 is 1.22 bits per heavy atom. The molecule has 0 aromatic heterocycles. The number of aliphatic carboxylic acids is 1. The van der Waals surface area contributed by atoms with Gasteiger partial charge in [-0.05, 0) is 79.4 Å². The molecule has 4 fully saturated rings. The number of rotatable bonds is 4. The molecule has 0 saturated heterocycles. The molecule has 2 atom stereocenters. The number of halogens is 1. The first-order valence-electron chi connectivity index (χ1n) is 8.57. The van der Waals surface area contributed by atoms with Gasteiger partial charge in [-0.15, -0.1) is 0 Å². The third-order valence-corrected chi connectivity index (χ3v) is 6.92. The standard InChI is InChI=1S/C19H23ClO3/c20-16-3-1-2-12(6-16)8-19(11-17(21)22)14-4-13-5-15(19)10-18(23,7-13)9-14/h1-3,6,13-15,23H,4-5,7-11H2,(H,21,22)/t13?,14?,15?,18-,19+. The summed E-state index contributed by atoms with van der Waals surface area (Å²) in [6.07, 6.45) is 5.58. The number of benzene rings is 1. The average molecular weight is 335 g/mol. The number of carboxylic acids is 1. The summed E-state index contributed by atoms with van der Waals surface area (Å²) in [5.41, 5.74) is 0.366. The molecule has 23 heavy (non-hydrogen) atoms. The maximum Gasteiger partial charge on any atom is 0.303 e. The van der Waals surface area contributed by atoms with Crippen LogP contribution in [0.1, 0.15) is 44.1 Å². The zero-order valence-electron chi connectivity index (χ0n) is 13.2. The molecule has 4 bridgehead atoms. The number of hydrogen-bond acceptors (Lipinski definition) is 2. The van der Waals surface area contributed by atoms with Crippen LogP contribution in [0.25, 0.3) is 0 Å². The maximum atomic E-state index is 11.6. The van der Waals surface area contributed by atoms with E-state index in [4.69, 9.17) is 11.6 Å². The maximum absolute atomic E-state index is 11.6. The number of carboxylic acid groups (broad SMARTS) is 1. The van der Waals surface area contributed by atoms with Gasteiger partial charge in [-0.2, -0.15) is 0 Å². The fourth-order valence-corrected chi connectivity index (χ4v) is 6.31. The van der Waals surface area contributed by atoms with E-state index in [0.717, 1.165) is 44.1 Å². The molecule has 1 aromatic rings. The van der Waals surface area contributed by atoms with E-state index in [-0.39, 0.29) is 11.8 Å². The van der Waals surface area contributed by atoms with Gasteiger partial charge in [-0.25, -0.2) is 0 Å². The van der Waals surface area contributed by atoms with Crippen LogP contribution in [-0.4, -0.2) is 21.8 Å². The van der Waals surface area contributed by atoms with Gasteiger partial charge in [0.15, 0.2) is 0 Å². The topological polar surface area (TPSA) is 57.5 Å². The lowest BCUT2D eigenvalue weighted by atomic mass is 9.42. The van der Waals surface area contributed by atoms with Crippen LogP contribution in [-0.2, 0) is 11.2 Å². The van der Waals surface area contributed by atoms with E-state index in [1.54, 1.807) is 0 Å². The zero-order valence-corrected chi connectivity index (χ0v) is 13.9. The minimum atomic E-state index is -0.716. The minimum Gasteiger partial charge on any atom is -0.481 e. The van der Waals surface area contributed by atoms with Crippen LogP contribution in [0.15, 0.2) is 24.3 Å². The third-order valence-electron chi connectivity index (χ3n) is 6.69. The van der Waals surface area contributed by atoms with Gasteiger partial charge in [-0.3, -0.25) is 4.79 Å². The Balaban J connectivity index is 1.71. The molecule has 4 heteroatoms. The fraction of sp³-hybridized carbons (Fsp3) is 0.632. The SMILES string of the molecule is O=C(O)C[C@]1(Cc2cccc(Cl)c2)C2CC3CC1C[C@](O)(C3)C2. The molecular weight excluding hydrogens is 312 g/mol. The van der Waals surface area contributed by atoms with Crippen molar-refractivity contribution >= 4 is 17.6 Å². The van der Waals surface area contributed by atoms with E-state index < -0.39 is 11.6 Å². The van der Waals surface area contributed by atoms with Crippen molar-refractivity contribution in [3.05, 3.63) is 34.9 Å². The van der Waals surface area contributed by atoms with Gasteiger partial charge in [0.05, 0.1) is 12.0 Å². The molecule has 2 N–H and O–H groups in total. The normalized spacial score (nSPS) is 41.2. The van der Waals surface area contributed by atoms with Gasteiger partial charge in [0.25, 0.3) is 0 Å². The van der Waals surface area contributed by atoms with E-state index in [1.165, 1.54) is 0 Å². The van der Waals surface area contributed by atoms with E-state index in [0.29, 0.717) is 22.8 Å². The first-order valence-corrected chi connectivity index (χ1v) is 8.95.